The molecule has 0 bridgehead atoms. The zero-order chi connectivity index (χ0) is 12.3. The Kier molecular flexibility index (Phi) is 4.05. The van der Waals surface area contributed by atoms with Crippen molar-refractivity contribution in [3.63, 3.8) is 0 Å². The number of carbonyl (C=O) groups is 1. The molecule has 0 spiro atoms. The molecule has 2 rings (SSSR count). The lowest BCUT2D eigenvalue weighted by Gasteiger charge is -2.36. The van der Waals surface area contributed by atoms with Crippen molar-refractivity contribution in [3.8, 4) is 0 Å². The highest BCUT2D eigenvalue weighted by Gasteiger charge is 2.35. The zero-order valence-corrected chi connectivity index (χ0v) is 10.7. The van der Waals surface area contributed by atoms with E-state index in [2.05, 4.69) is 4.90 Å². The van der Waals surface area contributed by atoms with Crippen molar-refractivity contribution < 1.29 is 14.6 Å². The maximum atomic E-state index is 11.5. The average molecular weight is 241 g/mol. The maximum absolute atomic E-state index is 11.5. The topological polar surface area (TPSA) is 49.8 Å². The van der Waals surface area contributed by atoms with Gasteiger partial charge < -0.3 is 9.84 Å². The first-order chi connectivity index (χ1) is 8.13. The molecule has 1 atom stereocenters. The standard InChI is InChI=1S/C13H23NO3/c1-17-12(15)11-5-4-8-14(9-11)10-13(16)6-2-3-7-13/h11,16H,2-10H2,1H3. The second-order valence-electron chi connectivity index (χ2n) is 5.53. The molecule has 4 nitrogen and oxygen atoms in total. The van der Waals surface area contributed by atoms with Crippen molar-refractivity contribution in [1.29, 1.82) is 0 Å². The van der Waals surface area contributed by atoms with E-state index < -0.39 is 5.60 Å². The lowest BCUT2D eigenvalue weighted by Crippen LogP contribution is -2.47. The van der Waals surface area contributed by atoms with Gasteiger partial charge in [0.15, 0.2) is 0 Å². The summed E-state index contributed by atoms with van der Waals surface area (Å²) in [4.78, 5) is 13.8. The molecule has 0 amide bonds. The smallest absolute Gasteiger partial charge is 0.309 e. The van der Waals surface area contributed by atoms with Crippen LogP contribution >= 0.6 is 0 Å². The minimum atomic E-state index is -0.502. The Hall–Kier alpha value is -0.610. The number of nitrogens with zero attached hydrogens (tertiary/aromatic N) is 1. The number of β-amino-alcohol motifs (C(OH)–C–C–N with tert-alkyl or cyclic N) is 1. The van der Waals surface area contributed by atoms with Crippen molar-refractivity contribution in [3.05, 3.63) is 0 Å². The number of aliphatic hydroxyl groups is 1. The fourth-order valence-electron chi connectivity index (χ4n) is 3.17. The number of hydrogen-bond acceptors (Lipinski definition) is 4. The lowest BCUT2D eigenvalue weighted by molar-refractivity contribution is -0.147. The predicted molar refractivity (Wildman–Crippen MR) is 64.6 cm³/mol. The van der Waals surface area contributed by atoms with Crippen LogP contribution in [0.1, 0.15) is 38.5 Å². The van der Waals surface area contributed by atoms with Crippen LogP contribution in [0.15, 0.2) is 0 Å². The van der Waals surface area contributed by atoms with Crippen molar-refractivity contribution >= 4 is 5.97 Å². The molecule has 0 aromatic carbocycles. The molecule has 0 aromatic heterocycles. The van der Waals surface area contributed by atoms with Crippen LogP contribution in [0.4, 0.5) is 0 Å². The van der Waals surface area contributed by atoms with Crippen LogP contribution in [0.5, 0.6) is 0 Å². The first kappa shape index (κ1) is 12.8. The second kappa shape index (κ2) is 5.36. The molecule has 1 aliphatic carbocycles. The Morgan fingerprint density at radius 3 is 2.76 bits per heavy atom. The summed E-state index contributed by atoms with van der Waals surface area (Å²) in [5.41, 5.74) is -0.502. The number of hydrogen-bond donors (Lipinski definition) is 1. The lowest BCUT2D eigenvalue weighted by atomic mass is 9.95. The van der Waals surface area contributed by atoms with Crippen LogP contribution in [0.3, 0.4) is 0 Å². The van der Waals surface area contributed by atoms with Crippen LogP contribution in [0.25, 0.3) is 0 Å². The summed E-state index contributed by atoms with van der Waals surface area (Å²) in [6.45, 7) is 2.46. The quantitative estimate of drug-likeness (QED) is 0.754. The van der Waals surface area contributed by atoms with Crippen LogP contribution in [-0.2, 0) is 9.53 Å². The number of ether oxygens (including phenoxy) is 1. The normalized spacial score (nSPS) is 29.2. The van der Waals surface area contributed by atoms with E-state index in [1.807, 2.05) is 0 Å². The van der Waals surface area contributed by atoms with Crippen LogP contribution in [-0.4, -0.2) is 48.3 Å². The van der Waals surface area contributed by atoms with Gasteiger partial charge in [-0.05, 0) is 32.2 Å². The molecule has 2 fully saturated rings. The fraction of sp³-hybridized carbons (Fsp3) is 0.923. The molecule has 1 N–H and O–H groups in total. The van der Waals surface area contributed by atoms with Gasteiger partial charge in [-0.3, -0.25) is 9.69 Å². The molecule has 1 unspecified atom stereocenters. The van der Waals surface area contributed by atoms with E-state index in [0.29, 0.717) is 0 Å². The average Bonchev–Trinajstić information content (AvgIpc) is 2.75. The van der Waals surface area contributed by atoms with Crippen molar-refractivity contribution in [2.75, 3.05) is 26.7 Å². The highest BCUT2D eigenvalue weighted by molar-refractivity contribution is 5.72. The monoisotopic (exact) mass is 241 g/mol. The molecule has 2 aliphatic rings. The van der Waals surface area contributed by atoms with Gasteiger partial charge in [0.25, 0.3) is 0 Å². The summed E-state index contributed by atoms with van der Waals surface area (Å²) >= 11 is 0. The Bertz CT molecular complexity index is 274. The largest absolute Gasteiger partial charge is 0.469 e. The molecule has 0 radical (unpaired) electrons. The highest BCUT2D eigenvalue weighted by atomic mass is 16.5. The number of rotatable bonds is 3. The number of carbonyl (C=O) groups excluding carboxylic acids is 1. The summed E-state index contributed by atoms with van der Waals surface area (Å²) in [5.74, 6) is -0.105. The Labute approximate surface area is 103 Å². The van der Waals surface area contributed by atoms with Crippen LogP contribution in [0, 0.1) is 5.92 Å². The van der Waals surface area contributed by atoms with Gasteiger partial charge in [0.2, 0.25) is 0 Å². The molecule has 1 aliphatic heterocycles. The van der Waals surface area contributed by atoms with Gasteiger partial charge in [-0.15, -0.1) is 0 Å². The summed E-state index contributed by atoms with van der Waals surface area (Å²) in [7, 11) is 1.45. The SMILES string of the molecule is COC(=O)C1CCCN(CC2(O)CCCC2)C1. The van der Waals surface area contributed by atoms with Gasteiger partial charge in [0, 0.05) is 13.1 Å². The minimum absolute atomic E-state index is 0.00115. The number of likely N-dealkylation sites (tertiary alicyclic amines) is 1. The van der Waals surface area contributed by atoms with E-state index in [4.69, 9.17) is 4.74 Å². The second-order valence-corrected chi connectivity index (χ2v) is 5.53. The molecule has 0 aromatic rings. The molecular formula is C13H23NO3. The molecule has 1 heterocycles. The van der Waals surface area contributed by atoms with E-state index >= 15 is 0 Å². The van der Waals surface area contributed by atoms with E-state index in [0.717, 1.165) is 58.2 Å². The van der Waals surface area contributed by atoms with Gasteiger partial charge in [0.1, 0.15) is 0 Å². The molecular weight excluding hydrogens is 218 g/mol. The third-order valence-corrected chi connectivity index (χ3v) is 4.09. The summed E-state index contributed by atoms with van der Waals surface area (Å²) in [6.07, 6.45) is 6.02. The van der Waals surface area contributed by atoms with Gasteiger partial charge in [0.05, 0.1) is 18.6 Å². The van der Waals surface area contributed by atoms with E-state index in [-0.39, 0.29) is 11.9 Å². The van der Waals surface area contributed by atoms with Gasteiger partial charge in [-0.1, -0.05) is 12.8 Å². The van der Waals surface area contributed by atoms with Gasteiger partial charge >= 0.3 is 5.97 Å². The summed E-state index contributed by atoms with van der Waals surface area (Å²) in [6, 6.07) is 0. The van der Waals surface area contributed by atoms with Crippen molar-refractivity contribution in [1.82, 2.24) is 4.90 Å². The minimum Gasteiger partial charge on any atom is -0.469 e. The fourth-order valence-corrected chi connectivity index (χ4v) is 3.17. The zero-order valence-electron chi connectivity index (χ0n) is 10.7. The Balaban J connectivity index is 1.86. The number of methoxy groups -OCH3 is 1. The molecule has 17 heavy (non-hydrogen) atoms. The Morgan fingerprint density at radius 2 is 2.12 bits per heavy atom. The molecule has 1 saturated heterocycles. The third kappa shape index (κ3) is 3.19. The van der Waals surface area contributed by atoms with Crippen LogP contribution < -0.4 is 0 Å². The first-order valence-electron chi connectivity index (χ1n) is 6.65. The molecule has 98 valence electrons. The summed E-state index contributed by atoms with van der Waals surface area (Å²) < 4.78 is 4.81. The van der Waals surface area contributed by atoms with Crippen LogP contribution in [0.2, 0.25) is 0 Å². The number of esters is 1. The van der Waals surface area contributed by atoms with Crippen molar-refractivity contribution in [2.24, 2.45) is 5.92 Å². The van der Waals surface area contributed by atoms with Gasteiger partial charge in [-0.25, -0.2) is 0 Å². The molecule has 4 heteroatoms. The maximum Gasteiger partial charge on any atom is 0.309 e. The Morgan fingerprint density at radius 1 is 1.41 bits per heavy atom. The number of piperidine rings is 1. The van der Waals surface area contributed by atoms with E-state index in [9.17, 15) is 9.90 Å². The third-order valence-electron chi connectivity index (χ3n) is 4.09. The summed E-state index contributed by atoms with van der Waals surface area (Å²) in [5, 5.41) is 10.4. The predicted octanol–water partition coefficient (Wildman–Crippen LogP) is 1.18. The first-order valence-corrected chi connectivity index (χ1v) is 6.65. The van der Waals surface area contributed by atoms with Crippen molar-refractivity contribution in [2.45, 2.75) is 44.1 Å². The molecule has 1 saturated carbocycles. The van der Waals surface area contributed by atoms with Gasteiger partial charge in [-0.2, -0.15) is 0 Å². The highest BCUT2D eigenvalue weighted by Crippen LogP contribution is 2.31. The van der Waals surface area contributed by atoms with E-state index in [1.54, 1.807) is 0 Å². The van der Waals surface area contributed by atoms with E-state index in [1.165, 1.54) is 7.11 Å².